The van der Waals surface area contributed by atoms with Gasteiger partial charge in [-0.05, 0) is 25.3 Å². The van der Waals surface area contributed by atoms with Gasteiger partial charge >= 0.3 is 5.97 Å². The summed E-state index contributed by atoms with van der Waals surface area (Å²) >= 11 is 1.27. The fourth-order valence-corrected chi connectivity index (χ4v) is 3.26. The Morgan fingerprint density at radius 1 is 1.68 bits per heavy atom. The summed E-state index contributed by atoms with van der Waals surface area (Å²) in [5.41, 5.74) is -1.15. The van der Waals surface area contributed by atoms with Crippen LogP contribution in [0.2, 0.25) is 0 Å². The molecular weight excluding hydrogens is 266 g/mol. The van der Waals surface area contributed by atoms with Gasteiger partial charge in [-0.1, -0.05) is 18.7 Å². The zero-order valence-corrected chi connectivity index (χ0v) is 11.5. The normalized spacial score (nSPS) is 17.9. The van der Waals surface area contributed by atoms with Crippen LogP contribution < -0.4 is 10.9 Å². The molecule has 1 aromatic heterocycles. The molecule has 1 aliphatic carbocycles. The first-order chi connectivity index (χ1) is 9.08. The molecule has 1 aliphatic rings. The number of aromatic nitrogens is 2. The molecule has 0 amide bonds. The van der Waals surface area contributed by atoms with E-state index in [0.29, 0.717) is 17.5 Å². The number of aromatic amines is 1. The first-order valence-corrected chi connectivity index (χ1v) is 7.23. The predicted octanol–water partition coefficient (Wildman–Crippen LogP) is 0.705. The van der Waals surface area contributed by atoms with Gasteiger partial charge in [-0.25, -0.2) is 4.98 Å². The molecule has 2 rings (SSSR count). The third-order valence-electron chi connectivity index (χ3n) is 3.23. The molecule has 0 spiro atoms. The molecule has 0 bridgehead atoms. The number of hydrogen-bond acceptors (Lipinski definition) is 5. The Bertz CT molecular complexity index is 515. The SMILES string of the molecule is CCNC(CSc1nccc(=O)[nH]1)(C(=O)O)C1CC1. The van der Waals surface area contributed by atoms with E-state index in [1.165, 1.54) is 24.0 Å². The second-order valence-corrected chi connectivity index (χ2v) is 5.57. The second-order valence-electron chi connectivity index (χ2n) is 4.61. The second kappa shape index (κ2) is 5.75. The summed E-state index contributed by atoms with van der Waals surface area (Å²) in [5, 5.41) is 13.1. The van der Waals surface area contributed by atoms with E-state index in [4.69, 9.17) is 0 Å². The van der Waals surface area contributed by atoms with E-state index in [2.05, 4.69) is 15.3 Å². The topological polar surface area (TPSA) is 95.1 Å². The molecule has 0 aliphatic heterocycles. The smallest absolute Gasteiger partial charge is 0.325 e. The molecule has 1 unspecified atom stereocenters. The Labute approximate surface area is 115 Å². The summed E-state index contributed by atoms with van der Waals surface area (Å²) in [6.07, 6.45) is 3.28. The van der Waals surface area contributed by atoms with Gasteiger partial charge in [-0.2, -0.15) is 0 Å². The van der Waals surface area contributed by atoms with Crippen molar-refractivity contribution in [2.24, 2.45) is 5.92 Å². The largest absolute Gasteiger partial charge is 0.480 e. The Morgan fingerprint density at radius 3 is 2.95 bits per heavy atom. The Hall–Kier alpha value is -1.34. The Morgan fingerprint density at radius 2 is 2.42 bits per heavy atom. The highest BCUT2D eigenvalue weighted by molar-refractivity contribution is 7.99. The Kier molecular flexibility index (Phi) is 4.26. The van der Waals surface area contributed by atoms with Gasteiger partial charge in [0.2, 0.25) is 0 Å². The van der Waals surface area contributed by atoms with E-state index in [-0.39, 0.29) is 11.5 Å². The van der Waals surface area contributed by atoms with E-state index in [0.717, 1.165) is 12.8 Å². The minimum atomic E-state index is -0.923. The summed E-state index contributed by atoms with van der Waals surface area (Å²) in [7, 11) is 0. The summed E-state index contributed by atoms with van der Waals surface area (Å²) in [6, 6.07) is 1.33. The van der Waals surface area contributed by atoms with Gasteiger partial charge < -0.3 is 15.4 Å². The maximum absolute atomic E-state index is 11.6. The lowest BCUT2D eigenvalue weighted by Crippen LogP contribution is -2.56. The fraction of sp³-hybridized carbons (Fsp3) is 0.583. The summed E-state index contributed by atoms with van der Waals surface area (Å²) in [6.45, 7) is 2.50. The third-order valence-corrected chi connectivity index (χ3v) is 4.31. The standard InChI is InChI=1S/C12H17N3O3S/c1-2-14-12(10(17)18,8-3-4-8)7-19-11-13-6-5-9(16)15-11/h5-6,8,14H,2-4,7H2,1H3,(H,17,18)(H,13,15,16). The van der Waals surface area contributed by atoms with Crippen LogP contribution in [-0.4, -0.2) is 38.9 Å². The minimum Gasteiger partial charge on any atom is -0.480 e. The lowest BCUT2D eigenvalue weighted by Gasteiger charge is -2.29. The number of hydrogen-bond donors (Lipinski definition) is 3. The van der Waals surface area contributed by atoms with Crippen LogP contribution in [0.15, 0.2) is 22.2 Å². The number of nitrogens with one attached hydrogen (secondary N) is 2. The fourth-order valence-electron chi connectivity index (χ4n) is 2.12. The van der Waals surface area contributed by atoms with Gasteiger partial charge in [0.25, 0.3) is 5.56 Å². The molecule has 1 heterocycles. The molecule has 1 atom stereocenters. The first kappa shape index (κ1) is 14.1. The highest BCUT2D eigenvalue weighted by Gasteiger charge is 2.50. The maximum atomic E-state index is 11.6. The van der Waals surface area contributed by atoms with Gasteiger partial charge in [-0.15, -0.1) is 0 Å². The van der Waals surface area contributed by atoms with E-state index in [1.54, 1.807) is 0 Å². The summed E-state index contributed by atoms with van der Waals surface area (Å²) in [5.74, 6) is -0.316. The average molecular weight is 283 g/mol. The summed E-state index contributed by atoms with van der Waals surface area (Å²) in [4.78, 5) is 29.4. The number of thioether (sulfide) groups is 1. The van der Waals surface area contributed by atoms with Crippen molar-refractivity contribution < 1.29 is 9.90 Å². The van der Waals surface area contributed by atoms with E-state index in [9.17, 15) is 14.7 Å². The zero-order chi connectivity index (χ0) is 13.9. The van der Waals surface area contributed by atoms with Gasteiger partial charge in [0.1, 0.15) is 5.54 Å². The minimum absolute atomic E-state index is 0.160. The van der Waals surface area contributed by atoms with Crippen LogP contribution in [0.25, 0.3) is 0 Å². The van der Waals surface area contributed by atoms with Gasteiger partial charge in [0.05, 0.1) is 0 Å². The molecule has 19 heavy (non-hydrogen) atoms. The van der Waals surface area contributed by atoms with Crippen LogP contribution in [0.5, 0.6) is 0 Å². The zero-order valence-electron chi connectivity index (χ0n) is 10.7. The monoisotopic (exact) mass is 283 g/mol. The number of rotatable bonds is 7. The molecule has 7 heteroatoms. The van der Waals surface area contributed by atoms with Crippen molar-refractivity contribution in [2.75, 3.05) is 12.3 Å². The van der Waals surface area contributed by atoms with Gasteiger partial charge in [-0.3, -0.25) is 9.59 Å². The van der Waals surface area contributed by atoms with Crippen molar-refractivity contribution in [3.8, 4) is 0 Å². The molecule has 104 valence electrons. The molecule has 0 radical (unpaired) electrons. The molecule has 3 N–H and O–H groups in total. The molecule has 1 saturated carbocycles. The number of nitrogens with zero attached hydrogens (tertiary/aromatic N) is 1. The first-order valence-electron chi connectivity index (χ1n) is 6.25. The Balaban J connectivity index is 2.12. The quantitative estimate of drug-likeness (QED) is 0.504. The number of carboxylic acid groups (broad SMARTS) is 1. The number of carbonyl (C=O) groups is 1. The molecule has 6 nitrogen and oxygen atoms in total. The van der Waals surface area contributed by atoms with Gasteiger partial charge in [0, 0.05) is 18.0 Å². The third kappa shape index (κ3) is 3.16. The number of aliphatic carboxylic acids is 1. The van der Waals surface area contributed by atoms with E-state index in [1.807, 2.05) is 6.92 Å². The average Bonchev–Trinajstić information content (AvgIpc) is 3.19. The molecule has 0 saturated heterocycles. The van der Waals surface area contributed by atoms with Crippen molar-refractivity contribution in [1.29, 1.82) is 0 Å². The van der Waals surface area contributed by atoms with Crippen LogP contribution in [0.1, 0.15) is 19.8 Å². The maximum Gasteiger partial charge on any atom is 0.325 e. The van der Waals surface area contributed by atoms with E-state index < -0.39 is 11.5 Å². The summed E-state index contributed by atoms with van der Waals surface area (Å²) < 4.78 is 0. The van der Waals surface area contributed by atoms with Gasteiger partial charge in [0.15, 0.2) is 5.16 Å². The van der Waals surface area contributed by atoms with Crippen LogP contribution in [-0.2, 0) is 4.79 Å². The van der Waals surface area contributed by atoms with Crippen molar-refractivity contribution >= 4 is 17.7 Å². The lowest BCUT2D eigenvalue weighted by atomic mass is 9.96. The lowest BCUT2D eigenvalue weighted by molar-refractivity contribution is -0.144. The number of H-pyrrole nitrogens is 1. The van der Waals surface area contributed by atoms with Crippen molar-refractivity contribution in [3.05, 3.63) is 22.6 Å². The molecule has 1 aromatic rings. The van der Waals surface area contributed by atoms with Crippen LogP contribution in [0, 0.1) is 5.92 Å². The van der Waals surface area contributed by atoms with Crippen molar-refractivity contribution in [1.82, 2.24) is 15.3 Å². The number of likely N-dealkylation sites (N-methyl/N-ethyl adjacent to an activating group) is 1. The van der Waals surface area contributed by atoms with Crippen molar-refractivity contribution in [3.63, 3.8) is 0 Å². The van der Waals surface area contributed by atoms with E-state index >= 15 is 0 Å². The van der Waals surface area contributed by atoms with Crippen molar-refractivity contribution in [2.45, 2.75) is 30.5 Å². The van der Waals surface area contributed by atoms with Crippen LogP contribution >= 0.6 is 11.8 Å². The number of carboxylic acids is 1. The van der Waals surface area contributed by atoms with Crippen LogP contribution in [0.3, 0.4) is 0 Å². The molecule has 0 aromatic carbocycles. The van der Waals surface area contributed by atoms with Crippen LogP contribution in [0.4, 0.5) is 0 Å². The molecule has 1 fully saturated rings. The predicted molar refractivity (Wildman–Crippen MR) is 72.3 cm³/mol. The highest BCUT2D eigenvalue weighted by atomic mass is 32.2. The highest BCUT2D eigenvalue weighted by Crippen LogP contribution is 2.42. The molecular formula is C12H17N3O3S.